The van der Waals surface area contributed by atoms with Gasteiger partial charge in [-0.2, -0.15) is 0 Å². The van der Waals surface area contributed by atoms with Crippen molar-refractivity contribution < 1.29 is 9.90 Å². The number of rotatable bonds is 0. The number of aliphatic hydroxyl groups is 1. The summed E-state index contributed by atoms with van der Waals surface area (Å²) in [4.78, 5) is 11.3. The van der Waals surface area contributed by atoms with Crippen molar-refractivity contribution in [1.82, 2.24) is 5.32 Å². The molecule has 0 unspecified atom stereocenters. The monoisotopic (exact) mass is 225 g/mol. The van der Waals surface area contributed by atoms with E-state index in [2.05, 4.69) is 5.32 Å². The van der Waals surface area contributed by atoms with Gasteiger partial charge in [0.15, 0.2) is 0 Å². The van der Waals surface area contributed by atoms with E-state index >= 15 is 0 Å². The van der Waals surface area contributed by atoms with Crippen molar-refractivity contribution >= 4 is 17.7 Å². The lowest BCUT2D eigenvalue weighted by molar-refractivity contribution is -0.119. The maximum atomic E-state index is 11.3. The normalized spacial score (nSPS) is 17.9. The van der Waals surface area contributed by atoms with Crippen LogP contribution in [-0.2, 0) is 4.79 Å². The highest BCUT2D eigenvalue weighted by Crippen LogP contribution is 2.20. The highest BCUT2D eigenvalue weighted by atomic mass is 16.3. The fourth-order valence-electron chi connectivity index (χ4n) is 2.11. The van der Waals surface area contributed by atoms with Crippen molar-refractivity contribution in [1.29, 1.82) is 0 Å². The van der Waals surface area contributed by atoms with Crippen LogP contribution in [0.5, 0.6) is 0 Å². The molecule has 0 aromatic heterocycles. The number of carbonyl (C=O) groups excluding carboxylic acids is 1. The zero-order chi connectivity index (χ0) is 11.8. The van der Waals surface area contributed by atoms with Crippen LogP contribution in [0.15, 0.2) is 47.7 Å². The maximum Gasteiger partial charge on any atom is 0.228 e. The lowest BCUT2D eigenvalue weighted by Crippen LogP contribution is -2.29. The predicted octanol–water partition coefficient (Wildman–Crippen LogP) is 0.477. The molecule has 0 radical (unpaired) electrons. The Balaban J connectivity index is 2.35. The third-order valence-electron chi connectivity index (χ3n) is 2.96. The molecule has 2 N–H and O–H groups in total. The maximum absolute atomic E-state index is 11.3. The Bertz CT molecular complexity index is 680. The first-order chi connectivity index (χ1) is 8.25. The van der Waals surface area contributed by atoms with Crippen LogP contribution in [0.2, 0.25) is 0 Å². The molecule has 17 heavy (non-hydrogen) atoms. The second-order valence-corrected chi connectivity index (χ2v) is 4.05. The molecule has 0 saturated carbocycles. The summed E-state index contributed by atoms with van der Waals surface area (Å²) in [6.45, 7) is 0. The number of benzene rings is 1. The Morgan fingerprint density at radius 3 is 2.88 bits per heavy atom. The van der Waals surface area contributed by atoms with Crippen LogP contribution in [-0.4, -0.2) is 11.0 Å². The summed E-state index contributed by atoms with van der Waals surface area (Å²) in [5, 5.41) is 14.8. The van der Waals surface area contributed by atoms with Gasteiger partial charge in [0.05, 0.1) is 5.70 Å². The summed E-state index contributed by atoms with van der Waals surface area (Å²) in [5.41, 5.74) is 1.36. The minimum Gasteiger partial charge on any atom is -0.507 e. The van der Waals surface area contributed by atoms with Gasteiger partial charge in [-0.15, -0.1) is 0 Å². The molecule has 3 nitrogen and oxygen atoms in total. The predicted molar refractivity (Wildman–Crippen MR) is 65.1 cm³/mol. The zero-order valence-corrected chi connectivity index (χ0v) is 9.10. The molecule has 1 heterocycles. The van der Waals surface area contributed by atoms with E-state index in [1.165, 1.54) is 0 Å². The fourth-order valence-corrected chi connectivity index (χ4v) is 2.11. The molecule has 84 valence electrons. The Labute approximate surface area is 98.1 Å². The average Bonchev–Trinajstić information content (AvgIpc) is 2.48. The molecule has 3 rings (SSSR count). The summed E-state index contributed by atoms with van der Waals surface area (Å²) < 4.78 is 0. The molecular weight excluding hydrogens is 214 g/mol. The van der Waals surface area contributed by atoms with Gasteiger partial charge in [-0.05, 0) is 11.3 Å². The number of aliphatic hydroxyl groups excluding tert-OH is 1. The second-order valence-electron chi connectivity index (χ2n) is 4.05. The molecule has 2 aliphatic rings. The summed E-state index contributed by atoms with van der Waals surface area (Å²) in [6, 6.07) is 7.61. The Morgan fingerprint density at radius 1 is 1.18 bits per heavy atom. The van der Waals surface area contributed by atoms with E-state index in [1.807, 2.05) is 36.4 Å². The van der Waals surface area contributed by atoms with Gasteiger partial charge in [0.25, 0.3) is 0 Å². The van der Waals surface area contributed by atoms with Crippen molar-refractivity contribution in [2.75, 3.05) is 0 Å². The second kappa shape index (κ2) is 3.63. The largest absolute Gasteiger partial charge is 0.507 e. The highest BCUT2D eigenvalue weighted by Gasteiger charge is 2.19. The van der Waals surface area contributed by atoms with E-state index in [9.17, 15) is 9.90 Å². The fraction of sp³-hybridized carbons (Fsp3) is 0.0714. The third kappa shape index (κ3) is 1.56. The SMILES string of the molecule is O=C1CC=C2C(=CC=c3ccccc3=C2O)N1. The number of amides is 1. The smallest absolute Gasteiger partial charge is 0.228 e. The summed E-state index contributed by atoms with van der Waals surface area (Å²) in [6.07, 6.45) is 5.78. The Kier molecular flexibility index (Phi) is 2.11. The molecule has 0 atom stereocenters. The molecule has 0 saturated heterocycles. The van der Waals surface area contributed by atoms with Crippen molar-refractivity contribution in [3.8, 4) is 0 Å². The number of allylic oxidation sites excluding steroid dienone is 1. The van der Waals surface area contributed by atoms with E-state index in [1.54, 1.807) is 6.08 Å². The Morgan fingerprint density at radius 2 is 2.00 bits per heavy atom. The molecule has 1 aromatic carbocycles. The van der Waals surface area contributed by atoms with Crippen molar-refractivity contribution in [2.24, 2.45) is 0 Å². The van der Waals surface area contributed by atoms with E-state index < -0.39 is 0 Å². The van der Waals surface area contributed by atoms with Gasteiger partial charge in [-0.1, -0.05) is 36.4 Å². The van der Waals surface area contributed by atoms with Gasteiger partial charge < -0.3 is 10.4 Å². The summed E-state index contributed by atoms with van der Waals surface area (Å²) in [7, 11) is 0. The number of hydrogen-bond acceptors (Lipinski definition) is 2. The molecule has 1 aliphatic heterocycles. The van der Waals surface area contributed by atoms with Gasteiger partial charge in [0, 0.05) is 17.2 Å². The number of fused-ring (bicyclic) bond motifs is 2. The third-order valence-corrected chi connectivity index (χ3v) is 2.96. The average molecular weight is 225 g/mol. The van der Waals surface area contributed by atoms with Crippen molar-refractivity contribution in [2.45, 2.75) is 6.42 Å². The number of nitrogens with one attached hydrogen (secondary N) is 1. The lowest BCUT2D eigenvalue weighted by atomic mass is 10.0. The quantitative estimate of drug-likeness (QED) is 0.674. The van der Waals surface area contributed by atoms with Crippen LogP contribution in [0.1, 0.15) is 6.42 Å². The molecule has 1 amide bonds. The van der Waals surface area contributed by atoms with Crippen LogP contribution in [0, 0.1) is 0 Å². The summed E-state index contributed by atoms with van der Waals surface area (Å²) in [5.74, 6) is 0.174. The minimum atomic E-state index is -0.0489. The molecule has 0 bridgehead atoms. The van der Waals surface area contributed by atoms with Crippen LogP contribution in [0.4, 0.5) is 0 Å². The van der Waals surface area contributed by atoms with E-state index in [4.69, 9.17) is 0 Å². The van der Waals surface area contributed by atoms with Crippen LogP contribution >= 0.6 is 0 Å². The first-order valence-corrected chi connectivity index (χ1v) is 5.47. The van der Waals surface area contributed by atoms with Gasteiger partial charge in [0.2, 0.25) is 5.91 Å². The van der Waals surface area contributed by atoms with Crippen LogP contribution < -0.4 is 15.8 Å². The standard InChI is InChI=1S/C14H11NO2/c16-13-8-6-11-12(15-13)7-5-9-3-1-2-4-10(9)14(11)17/h1-7,17H,8H2,(H,15,16). The van der Waals surface area contributed by atoms with Crippen LogP contribution in [0.25, 0.3) is 11.8 Å². The van der Waals surface area contributed by atoms with Gasteiger partial charge in [0.1, 0.15) is 5.76 Å². The van der Waals surface area contributed by atoms with E-state index in [0.29, 0.717) is 17.7 Å². The highest BCUT2D eigenvalue weighted by molar-refractivity contribution is 5.87. The molecule has 1 aromatic rings. The minimum absolute atomic E-state index is 0.0489. The lowest BCUT2D eigenvalue weighted by Gasteiger charge is -2.16. The van der Waals surface area contributed by atoms with Crippen molar-refractivity contribution in [3.05, 3.63) is 58.1 Å². The molecular formula is C14H11NO2. The van der Waals surface area contributed by atoms with Gasteiger partial charge in [-0.25, -0.2) is 0 Å². The molecule has 1 aliphatic carbocycles. The Hall–Kier alpha value is -2.29. The molecule has 0 fully saturated rings. The zero-order valence-electron chi connectivity index (χ0n) is 9.10. The van der Waals surface area contributed by atoms with Gasteiger partial charge in [-0.3, -0.25) is 4.79 Å². The van der Waals surface area contributed by atoms with E-state index in [-0.39, 0.29) is 11.7 Å². The van der Waals surface area contributed by atoms with Crippen LogP contribution in [0.3, 0.4) is 0 Å². The van der Waals surface area contributed by atoms with Crippen molar-refractivity contribution in [3.63, 3.8) is 0 Å². The first-order valence-electron chi connectivity index (χ1n) is 5.47. The topological polar surface area (TPSA) is 49.3 Å². The molecule has 0 spiro atoms. The number of carbonyl (C=O) groups is 1. The first kappa shape index (κ1) is 9.90. The molecule has 3 heteroatoms. The number of hydrogen-bond donors (Lipinski definition) is 2. The van der Waals surface area contributed by atoms with E-state index in [0.717, 1.165) is 10.4 Å². The summed E-state index contributed by atoms with van der Waals surface area (Å²) >= 11 is 0. The van der Waals surface area contributed by atoms with Gasteiger partial charge >= 0.3 is 0 Å².